The van der Waals surface area contributed by atoms with E-state index in [4.69, 9.17) is 14.2 Å². The quantitative estimate of drug-likeness (QED) is 0.186. The van der Waals surface area contributed by atoms with E-state index in [-0.39, 0.29) is 5.57 Å². The van der Waals surface area contributed by atoms with Gasteiger partial charge in [-0.15, -0.1) is 0 Å². The van der Waals surface area contributed by atoms with Crippen LogP contribution in [0.3, 0.4) is 0 Å². The first-order valence-electron chi connectivity index (χ1n) is 12.2. The maximum atomic E-state index is 13.6. The molecule has 9 heteroatoms. The summed E-state index contributed by atoms with van der Waals surface area (Å²) >= 11 is 0. The molecule has 0 bridgehead atoms. The fourth-order valence-corrected chi connectivity index (χ4v) is 4.41. The van der Waals surface area contributed by atoms with Gasteiger partial charge in [0.1, 0.15) is 18.1 Å². The number of methoxy groups -OCH3 is 2. The van der Waals surface area contributed by atoms with Crippen LogP contribution in [0.5, 0.6) is 17.2 Å². The van der Waals surface area contributed by atoms with Gasteiger partial charge in [-0.1, -0.05) is 30.9 Å². The normalized spacial score (nSPS) is 16.7. The number of ether oxygens (including phenoxy) is 3. The van der Waals surface area contributed by atoms with Crippen molar-refractivity contribution in [2.45, 2.75) is 32.4 Å². The van der Waals surface area contributed by atoms with E-state index in [1.807, 2.05) is 24.0 Å². The molecule has 1 saturated heterocycles. The highest BCUT2D eigenvalue weighted by molar-refractivity contribution is 6.46. The third-order valence-electron chi connectivity index (χ3n) is 6.26. The smallest absolute Gasteiger partial charge is 0.295 e. The maximum absolute atomic E-state index is 13.6. The summed E-state index contributed by atoms with van der Waals surface area (Å²) in [6.07, 6.45) is 6.94. The van der Waals surface area contributed by atoms with Crippen LogP contribution in [0.4, 0.5) is 0 Å². The van der Waals surface area contributed by atoms with E-state index in [1.54, 1.807) is 48.7 Å². The van der Waals surface area contributed by atoms with E-state index in [2.05, 4.69) is 4.98 Å². The predicted octanol–water partition coefficient (Wildman–Crippen LogP) is 2.42. The lowest BCUT2D eigenvalue weighted by molar-refractivity contribution is -0.695. The van der Waals surface area contributed by atoms with Crippen LogP contribution in [0.25, 0.3) is 5.76 Å². The van der Waals surface area contributed by atoms with Crippen molar-refractivity contribution in [3.63, 3.8) is 0 Å². The number of hydrogen-bond donors (Lipinski definition) is 1. The highest BCUT2D eigenvalue weighted by Gasteiger charge is 2.44. The molecule has 1 aliphatic heterocycles. The molecule has 1 aromatic heterocycles. The van der Waals surface area contributed by atoms with Gasteiger partial charge in [-0.05, 0) is 41.8 Å². The van der Waals surface area contributed by atoms with Gasteiger partial charge < -0.3 is 24.2 Å². The number of benzene rings is 2. The number of nitrogens with zero attached hydrogens (tertiary/aromatic N) is 2. The third-order valence-corrected chi connectivity index (χ3v) is 6.26. The summed E-state index contributed by atoms with van der Waals surface area (Å²) in [5, 5.41) is 13.6. The molecule has 37 heavy (non-hydrogen) atoms. The number of H-pyrrole nitrogens is 1. The van der Waals surface area contributed by atoms with Gasteiger partial charge in [-0.2, -0.15) is 0 Å². The molecule has 9 nitrogen and oxygen atoms in total. The molecule has 1 unspecified atom stereocenters. The first kappa shape index (κ1) is 25.8. The molecule has 194 valence electrons. The number of carbonyl (C=O) groups is 2. The monoisotopic (exact) mass is 505 g/mol. The van der Waals surface area contributed by atoms with Crippen LogP contribution in [-0.2, 0) is 16.1 Å². The minimum atomic E-state index is -0.847. The predicted molar refractivity (Wildman–Crippen MR) is 134 cm³/mol. The molecule has 1 fully saturated rings. The number of amides is 1. The number of aryl methyl sites for hydroxylation is 1. The van der Waals surface area contributed by atoms with Crippen molar-refractivity contribution in [1.82, 2.24) is 9.88 Å². The van der Waals surface area contributed by atoms with Crippen molar-refractivity contribution in [3.8, 4) is 17.2 Å². The molecular formula is C28H31N3O6. The van der Waals surface area contributed by atoms with Crippen LogP contribution in [-0.4, -0.2) is 48.9 Å². The molecule has 1 amide bonds. The number of nitrogens with one attached hydrogen (secondary N) is 1. The Labute approximate surface area is 215 Å². The van der Waals surface area contributed by atoms with E-state index in [0.29, 0.717) is 54.5 Å². The van der Waals surface area contributed by atoms with Crippen LogP contribution in [0.15, 0.2) is 66.8 Å². The molecule has 2 aromatic carbocycles. The summed E-state index contributed by atoms with van der Waals surface area (Å²) in [5.41, 5.74) is 0.835. The Morgan fingerprint density at radius 3 is 2.51 bits per heavy atom. The number of aromatic nitrogens is 2. The number of carbonyl (C=O) groups excluding carboxylic acids is 2. The van der Waals surface area contributed by atoms with Gasteiger partial charge in [-0.25, -0.2) is 4.57 Å². The van der Waals surface area contributed by atoms with Crippen LogP contribution in [0.1, 0.15) is 36.9 Å². The number of Topliss-reactive ketones (excluding diaryl/α,β-unsaturated/α-hetero) is 1. The summed E-state index contributed by atoms with van der Waals surface area (Å²) in [6, 6.07) is 10.9. The van der Waals surface area contributed by atoms with Crippen molar-refractivity contribution in [1.29, 1.82) is 0 Å². The molecule has 1 aliphatic rings. The summed E-state index contributed by atoms with van der Waals surface area (Å²) < 4.78 is 18.4. The van der Waals surface area contributed by atoms with Crippen molar-refractivity contribution in [3.05, 3.63) is 77.9 Å². The molecule has 2 heterocycles. The zero-order chi connectivity index (χ0) is 26.4. The Hall–Kier alpha value is -4.27. The molecule has 0 aliphatic carbocycles. The molecule has 1 N–H and O–H groups in total. The second kappa shape index (κ2) is 11.6. The van der Waals surface area contributed by atoms with Gasteiger partial charge in [0.25, 0.3) is 5.91 Å². The molecule has 1 atom stereocenters. The molecule has 3 aromatic rings. The number of likely N-dealkylation sites (tertiary alicyclic amines) is 1. The zero-order valence-electron chi connectivity index (χ0n) is 21.2. The molecule has 0 saturated carbocycles. The number of imidazole rings is 1. The number of aromatic amines is 1. The van der Waals surface area contributed by atoms with Gasteiger partial charge in [0.15, 0.2) is 11.5 Å². The molecular weight excluding hydrogens is 474 g/mol. The van der Waals surface area contributed by atoms with E-state index in [9.17, 15) is 14.7 Å². The minimum absolute atomic E-state index is 0.0752. The van der Waals surface area contributed by atoms with E-state index in [0.717, 1.165) is 6.42 Å². The van der Waals surface area contributed by atoms with Gasteiger partial charge in [0.05, 0.1) is 33.4 Å². The standard InChI is InChI=1S/C28H31N3O6/c1-4-16-37-22-11-8-20(17-23(22)36-3)25-24(26(32)19-6-9-21(35-2)10-7-19)27(33)28(34)31(25)14-5-13-30-15-12-29-18-30/h6-12,15,17-18,25H,4-5,13-14,16H2,1-3H3,(H,32,33). The highest BCUT2D eigenvalue weighted by Crippen LogP contribution is 2.41. The number of hydrogen-bond acceptors (Lipinski definition) is 6. The molecule has 4 rings (SSSR count). The van der Waals surface area contributed by atoms with Crippen molar-refractivity contribution in [2.24, 2.45) is 0 Å². The topological polar surface area (TPSA) is 108 Å². The third kappa shape index (κ3) is 5.45. The van der Waals surface area contributed by atoms with E-state index >= 15 is 0 Å². The lowest BCUT2D eigenvalue weighted by atomic mass is 9.95. The minimum Gasteiger partial charge on any atom is -0.872 e. The average Bonchev–Trinajstić information content (AvgIpc) is 3.54. The van der Waals surface area contributed by atoms with Gasteiger partial charge >= 0.3 is 0 Å². The van der Waals surface area contributed by atoms with Crippen LogP contribution in [0, 0.1) is 0 Å². The van der Waals surface area contributed by atoms with E-state index < -0.39 is 23.5 Å². The zero-order valence-corrected chi connectivity index (χ0v) is 21.2. The van der Waals surface area contributed by atoms with Crippen LogP contribution >= 0.6 is 0 Å². The summed E-state index contributed by atoms with van der Waals surface area (Å²) in [5.74, 6) is -0.349. The Morgan fingerprint density at radius 1 is 1.08 bits per heavy atom. The molecule has 0 spiro atoms. The van der Waals surface area contributed by atoms with Crippen LogP contribution in [0.2, 0.25) is 0 Å². The highest BCUT2D eigenvalue weighted by atomic mass is 16.5. The van der Waals surface area contributed by atoms with Gasteiger partial charge in [0, 0.05) is 18.5 Å². The Kier molecular flexibility index (Phi) is 8.12. The second-order valence-corrected chi connectivity index (χ2v) is 8.66. The Morgan fingerprint density at radius 2 is 1.86 bits per heavy atom. The number of ketones is 1. The Bertz CT molecular complexity index is 1270. The lowest BCUT2D eigenvalue weighted by Crippen LogP contribution is -2.36. The number of rotatable bonds is 11. The van der Waals surface area contributed by atoms with Crippen molar-refractivity contribution >= 4 is 17.4 Å². The Balaban J connectivity index is 1.75. The van der Waals surface area contributed by atoms with Gasteiger partial charge in [-0.3, -0.25) is 14.6 Å². The van der Waals surface area contributed by atoms with Gasteiger partial charge in [0.2, 0.25) is 12.1 Å². The SMILES string of the molecule is CCCOc1ccc(C2C(=C([O-])c3ccc(OC)cc3)C(=O)C(=O)N2CCC[n+]2cc[nH]c2)cc1OC. The summed E-state index contributed by atoms with van der Waals surface area (Å²) in [6.45, 7) is 3.46. The first-order valence-corrected chi connectivity index (χ1v) is 12.2. The van der Waals surface area contributed by atoms with Crippen LogP contribution < -0.4 is 23.9 Å². The summed E-state index contributed by atoms with van der Waals surface area (Å²) in [4.78, 5) is 30.9. The lowest BCUT2D eigenvalue weighted by Gasteiger charge is -2.28. The fraction of sp³-hybridized carbons (Fsp3) is 0.321. The second-order valence-electron chi connectivity index (χ2n) is 8.66. The van der Waals surface area contributed by atoms with Crippen molar-refractivity contribution in [2.75, 3.05) is 27.4 Å². The largest absolute Gasteiger partial charge is 0.872 e. The van der Waals surface area contributed by atoms with Crippen molar-refractivity contribution < 1.29 is 33.5 Å². The first-order chi connectivity index (χ1) is 18.0. The molecule has 0 radical (unpaired) electrons. The summed E-state index contributed by atoms with van der Waals surface area (Å²) in [7, 11) is 3.06. The van der Waals surface area contributed by atoms with E-state index in [1.165, 1.54) is 19.1 Å². The maximum Gasteiger partial charge on any atom is 0.295 e. The fourth-order valence-electron chi connectivity index (χ4n) is 4.41. The average molecular weight is 506 g/mol.